The van der Waals surface area contributed by atoms with Crippen molar-refractivity contribution < 1.29 is 5.11 Å². The molecule has 0 fully saturated rings. The van der Waals surface area contributed by atoms with E-state index in [-0.39, 0.29) is 6.61 Å². The number of anilines is 1. The van der Waals surface area contributed by atoms with Gasteiger partial charge < -0.3 is 10.8 Å². The molecule has 0 bridgehead atoms. The minimum Gasteiger partial charge on any atom is -0.398 e. The molecule has 12 heavy (non-hydrogen) atoms. The number of halogens is 1. The summed E-state index contributed by atoms with van der Waals surface area (Å²) in [4.78, 5) is 0. The predicted molar refractivity (Wildman–Crippen MR) is 54.7 cm³/mol. The zero-order valence-corrected chi connectivity index (χ0v) is 8.08. The van der Waals surface area contributed by atoms with Gasteiger partial charge in [0, 0.05) is 10.2 Å². The van der Waals surface area contributed by atoms with Crippen LogP contribution in [0.2, 0.25) is 0 Å². The summed E-state index contributed by atoms with van der Waals surface area (Å²) < 4.78 is 0.959. The Morgan fingerprint density at radius 2 is 2.25 bits per heavy atom. The minimum atomic E-state index is 0.0372. The van der Waals surface area contributed by atoms with Gasteiger partial charge in [-0.3, -0.25) is 0 Å². The molecular weight excluding hydrogens is 218 g/mol. The number of benzene rings is 1. The van der Waals surface area contributed by atoms with Crippen LogP contribution in [0.1, 0.15) is 5.56 Å². The number of nitrogens with two attached hydrogens (primary N) is 1. The van der Waals surface area contributed by atoms with Crippen LogP contribution in [-0.4, -0.2) is 11.7 Å². The van der Waals surface area contributed by atoms with Crippen LogP contribution in [0.15, 0.2) is 28.7 Å². The lowest BCUT2D eigenvalue weighted by molar-refractivity contribution is 0.343. The average Bonchev–Trinajstić information content (AvgIpc) is 2.03. The smallest absolute Gasteiger partial charge is 0.0615 e. The van der Waals surface area contributed by atoms with Crippen molar-refractivity contribution in [1.29, 1.82) is 0 Å². The maximum atomic E-state index is 8.54. The highest BCUT2D eigenvalue weighted by molar-refractivity contribution is 9.10. The van der Waals surface area contributed by atoms with E-state index in [0.29, 0.717) is 5.69 Å². The molecule has 1 aromatic rings. The summed E-state index contributed by atoms with van der Waals surface area (Å²) in [6, 6.07) is 5.63. The van der Waals surface area contributed by atoms with Gasteiger partial charge in [0.2, 0.25) is 0 Å². The van der Waals surface area contributed by atoms with Crippen molar-refractivity contribution in [3.8, 4) is 0 Å². The van der Waals surface area contributed by atoms with E-state index >= 15 is 0 Å². The van der Waals surface area contributed by atoms with Gasteiger partial charge in [-0.15, -0.1) is 0 Å². The van der Waals surface area contributed by atoms with Gasteiger partial charge in [0.25, 0.3) is 0 Å². The fourth-order valence-corrected chi connectivity index (χ4v) is 1.26. The lowest BCUT2D eigenvalue weighted by atomic mass is 10.2. The molecule has 0 aliphatic heterocycles. The second-order valence-corrected chi connectivity index (χ2v) is 3.27. The summed E-state index contributed by atoms with van der Waals surface area (Å²) in [6.45, 7) is 0.0372. The van der Waals surface area contributed by atoms with Gasteiger partial charge in [0.1, 0.15) is 0 Å². The first-order valence-electron chi connectivity index (χ1n) is 3.56. The van der Waals surface area contributed by atoms with Crippen molar-refractivity contribution in [1.82, 2.24) is 0 Å². The molecule has 3 heteroatoms. The van der Waals surface area contributed by atoms with Crippen LogP contribution in [-0.2, 0) is 0 Å². The van der Waals surface area contributed by atoms with E-state index in [1.54, 1.807) is 12.2 Å². The maximum absolute atomic E-state index is 8.54. The lowest BCUT2D eigenvalue weighted by Gasteiger charge is -1.99. The third-order valence-corrected chi connectivity index (χ3v) is 1.94. The van der Waals surface area contributed by atoms with Crippen molar-refractivity contribution in [2.45, 2.75) is 0 Å². The summed E-state index contributed by atoms with van der Waals surface area (Å²) in [7, 11) is 0. The fourth-order valence-electron chi connectivity index (χ4n) is 0.877. The summed E-state index contributed by atoms with van der Waals surface area (Å²) in [6.07, 6.45) is 3.45. The second kappa shape index (κ2) is 4.28. The molecule has 64 valence electrons. The zero-order chi connectivity index (χ0) is 8.97. The summed E-state index contributed by atoms with van der Waals surface area (Å²) >= 11 is 3.31. The van der Waals surface area contributed by atoms with E-state index in [1.807, 2.05) is 18.2 Å². The van der Waals surface area contributed by atoms with Crippen LogP contribution in [0, 0.1) is 0 Å². The van der Waals surface area contributed by atoms with Crippen LogP contribution in [0.25, 0.3) is 6.08 Å². The monoisotopic (exact) mass is 227 g/mol. The Balaban J connectivity index is 2.94. The van der Waals surface area contributed by atoms with Crippen LogP contribution in [0.3, 0.4) is 0 Å². The van der Waals surface area contributed by atoms with E-state index in [2.05, 4.69) is 15.9 Å². The molecule has 1 rings (SSSR count). The van der Waals surface area contributed by atoms with Crippen LogP contribution in [0.5, 0.6) is 0 Å². The Morgan fingerprint density at radius 1 is 1.50 bits per heavy atom. The SMILES string of the molecule is Nc1cc(Br)ccc1C=CCO. The first-order valence-corrected chi connectivity index (χ1v) is 4.36. The van der Waals surface area contributed by atoms with E-state index in [9.17, 15) is 0 Å². The molecule has 0 unspecified atom stereocenters. The van der Waals surface area contributed by atoms with E-state index in [4.69, 9.17) is 10.8 Å². The molecule has 0 aromatic heterocycles. The van der Waals surface area contributed by atoms with Gasteiger partial charge in [-0.2, -0.15) is 0 Å². The van der Waals surface area contributed by atoms with Crippen molar-refractivity contribution in [2.24, 2.45) is 0 Å². The van der Waals surface area contributed by atoms with Crippen LogP contribution < -0.4 is 5.73 Å². The van der Waals surface area contributed by atoms with Gasteiger partial charge >= 0.3 is 0 Å². The summed E-state index contributed by atoms with van der Waals surface area (Å²) in [5, 5.41) is 8.54. The largest absolute Gasteiger partial charge is 0.398 e. The summed E-state index contributed by atoms with van der Waals surface area (Å²) in [5.74, 6) is 0. The molecule has 2 nitrogen and oxygen atoms in total. The molecule has 0 saturated heterocycles. The minimum absolute atomic E-state index is 0.0372. The Morgan fingerprint density at radius 3 is 2.83 bits per heavy atom. The first kappa shape index (κ1) is 9.29. The van der Waals surface area contributed by atoms with Gasteiger partial charge in [-0.25, -0.2) is 0 Å². The van der Waals surface area contributed by atoms with Gasteiger partial charge in [-0.05, 0) is 17.7 Å². The highest BCUT2D eigenvalue weighted by Crippen LogP contribution is 2.19. The third-order valence-electron chi connectivity index (χ3n) is 1.45. The number of rotatable bonds is 2. The fraction of sp³-hybridized carbons (Fsp3) is 0.111. The molecule has 0 amide bonds. The number of nitrogen functional groups attached to an aromatic ring is 1. The second-order valence-electron chi connectivity index (χ2n) is 2.36. The molecule has 0 radical (unpaired) electrons. The molecular formula is C9H10BrNO. The maximum Gasteiger partial charge on any atom is 0.0615 e. The molecule has 0 saturated carbocycles. The Labute approximate surface area is 79.8 Å². The average molecular weight is 228 g/mol. The Kier molecular flexibility index (Phi) is 3.31. The Bertz CT molecular complexity index is 297. The van der Waals surface area contributed by atoms with Crippen LogP contribution in [0.4, 0.5) is 5.69 Å². The molecule has 0 atom stereocenters. The lowest BCUT2D eigenvalue weighted by Crippen LogP contribution is -1.88. The molecule has 1 aromatic carbocycles. The van der Waals surface area contributed by atoms with Crippen LogP contribution >= 0.6 is 15.9 Å². The number of hydrogen-bond acceptors (Lipinski definition) is 2. The molecule has 0 aliphatic rings. The topological polar surface area (TPSA) is 46.2 Å². The predicted octanol–water partition coefficient (Wildman–Crippen LogP) is 2.04. The van der Waals surface area contributed by atoms with Gasteiger partial charge in [0.05, 0.1) is 6.61 Å². The van der Waals surface area contributed by atoms with Crippen molar-refractivity contribution in [2.75, 3.05) is 12.3 Å². The summed E-state index contributed by atoms with van der Waals surface area (Å²) in [5.41, 5.74) is 7.33. The van der Waals surface area contributed by atoms with Crippen molar-refractivity contribution in [3.63, 3.8) is 0 Å². The first-order chi connectivity index (χ1) is 5.74. The van der Waals surface area contributed by atoms with Gasteiger partial charge in [0.15, 0.2) is 0 Å². The molecule has 0 heterocycles. The highest BCUT2D eigenvalue weighted by atomic mass is 79.9. The number of hydrogen-bond donors (Lipinski definition) is 2. The van der Waals surface area contributed by atoms with Crippen molar-refractivity contribution in [3.05, 3.63) is 34.3 Å². The van der Waals surface area contributed by atoms with Crippen molar-refractivity contribution >= 4 is 27.7 Å². The zero-order valence-electron chi connectivity index (χ0n) is 6.50. The molecule has 3 N–H and O–H groups in total. The Hall–Kier alpha value is -0.800. The third kappa shape index (κ3) is 2.36. The quantitative estimate of drug-likeness (QED) is 0.761. The van der Waals surface area contributed by atoms with E-state index in [0.717, 1.165) is 10.0 Å². The van der Waals surface area contributed by atoms with Gasteiger partial charge in [-0.1, -0.05) is 34.1 Å². The normalized spacial score (nSPS) is 10.8. The van der Waals surface area contributed by atoms with E-state index < -0.39 is 0 Å². The standard InChI is InChI=1S/C9H10BrNO/c10-8-4-3-7(2-1-5-12)9(11)6-8/h1-4,6,12H,5,11H2. The number of aliphatic hydroxyl groups excluding tert-OH is 1. The molecule has 0 aliphatic carbocycles. The molecule has 0 spiro atoms. The number of aliphatic hydroxyl groups is 1. The highest BCUT2D eigenvalue weighted by Gasteiger charge is 1.94. The van der Waals surface area contributed by atoms with E-state index in [1.165, 1.54) is 0 Å².